The Balaban J connectivity index is 1.91. The first-order valence-electron chi connectivity index (χ1n) is 5.92. The predicted molar refractivity (Wildman–Crippen MR) is 69.1 cm³/mol. The van der Waals surface area contributed by atoms with Crippen LogP contribution in [0.1, 0.15) is 23.0 Å². The zero-order valence-corrected chi connectivity index (χ0v) is 10.2. The van der Waals surface area contributed by atoms with Gasteiger partial charge in [0.05, 0.1) is 17.9 Å². The summed E-state index contributed by atoms with van der Waals surface area (Å²) in [6.45, 7) is 2.01. The van der Waals surface area contributed by atoms with Gasteiger partial charge in [-0.05, 0) is 24.6 Å². The number of hydrogen-bond donors (Lipinski definition) is 2. The number of nitrogens with zero attached hydrogens (tertiary/aromatic N) is 3. The van der Waals surface area contributed by atoms with Gasteiger partial charge in [0.2, 0.25) is 0 Å². The number of nitrogens with one attached hydrogen (secondary N) is 1. The fraction of sp³-hybridized carbons (Fsp3) is 0.231. The summed E-state index contributed by atoms with van der Waals surface area (Å²) >= 11 is 0. The average molecular weight is 241 g/mol. The van der Waals surface area contributed by atoms with E-state index in [1.165, 1.54) is 0 Å². The summed E-state index contributed by atoms with van der Waals surface area (Å²) in [6, 6.07) is 5.86. The molecule has 0 fully saturated rings. The van der Waals surface area contributed by atoms with Gasteiger partial charge in [0.15, 0.2) is 0 Å². The zero-order valence-electron chi connectivity index (χ0n) is 10.2. The molecule has 0 aliphatic carbocycles. The Hall–Kier alpha value is -2.14. The van der Waals surface area contributed by atoms with E-state index in [2.05, 4.69) is 19.6 Å². The van der Waals surface area contributed by atoms with Crippen LogP contribution in [0.15, 0.2) is 36.8 Å². The molecular weight excluding hydrogens is 226 g/mol. The van der Waals surface area contributed by atoms with Crippen LogP contribution >= 0.6 is 0 Å². The van der Waals surface area contributed by atoms with Crippen molar-refractivity contribution in [3.8, 4) is 0 Å². The molecule has 0 aliphatic rings. The summed E-state index contributed by atoms with van der Waals surface area (Å²) in [5.74, 6) is 0. The number of aryl methyl sites for hydroxylation is 1. The highest BCUT2D eigenvalue weighted by molar-refractivity contribution is 5.40. The Labute approximate surface area is 105 Å². The maximum absolute atomic E-state index is 6.21. The number of imidazole rings is 1. The molecule has 18 heavy (non-hydrogen) atoms. The quantitative estimate of drug-likeness (QED) is 0.731. The van der Waals surface area contributed by atoms with E-state index in [4.69, 9.17) is 5.73 Å². The number of pyridine rings is 1. The van der Waals surface area contributed by atoms with E-state index >= 15 is 0 Å². The molecule has 5 nitrogen and oxygen atoms in total. The fourth-order valence-electron chi connectivity index (χ4n) is 2.20. The molecule has 3 N–H and O–H groups in total. The Morgan fingerprint density at radius 1 is 1.39 bits per heavy atom. The number of rotatable bonds is 3. The first-order valence-corrected chi connectivity index (χ1v) is 5.92. The third-order valence-electron chi connectivity index (χ3n) is 3.16. The molecule has 5 heteroatoms. The Morgan fingerprint density at radius 3 is 3.06 bits per heavy atom. The maximum atomic E-state index is 6.21. The topological polar surface area (TPSA) is 72.0 Å². The molecule has 0 aromatic carbocycles. The number of fused-ring (bicyclic) bond motifs is 1. The fourth-order valence-corrected chi connectivity index (χ4v) is 2.20. The van der Waals surface area contributed by atoms with Crippen LogP contribution in [-0.2, 0) is 6.42 Å². The summed E-state index contributed by atoms with van der Waals surface area (Å²) in [5, 5.41) is 6.97. The van der Waals surface area contributed by atoms with Crippen LogP contribution in [0.3, 0.4) is 0 Å². The summed E-state index contributed by atoms with van der Waals surface area (Å²) < 4.78 is 2.06. The summed E-state index contributed by atoms with van der Waals surface area (Å²) in [6.07, 6.45) is 6.41. The molecular formula is C13H15N5. The van der Waals surface area contributed by atoms with Crippen molar-refractivity contribution in [3.63, 3.8) is 0 Å². The normalized spacial score (nSPS) is 13.0. The van der Waals surface area contributed by atoms with Crippen molar-refractivity contribution < 1.29 is 0 Å². The van der Waals surface area contributed by atoms with Gasteiger partial charge in [-0.1, -0.05) is 6.07 Å². The lowest BCUT2D eigenvalue weighted by Gasteiger charge is -2.10. The molecule has 1 unspecified atom stereocenters. The van der Waals surface area contributed by atoms with Gasteiger partial charge in [-0.15, -0.1) is 0 Å². The number of H-pyrrole nitrogens is 1. The molecule has 0 amide bonds. The van der Waals surface area contributed by atoms with Gasteiger partial charge < -0.3 is 10.1 Å². The van der Waals surface area contributed by atoms with Crippen molar-refractivity contribution in [3.05, 3.63) is 53.7 Å². The largest absolute Gasteiger partial charge is 0.322 e. The molecule has 3 heterocycles. The van der Waals surface area contributed by atoms with Crippen LogP contribution in [0.4, 0.5) is 0 Å². The monoisotopic (exact) mass is 241 g/mol. The third-order valence-corrected chi connectivity index (χ3v) is 3.16. The average Bonchev–Trinajstić information content (AvgIpc) is 2.97. The van der Waals surface area contributed by atoms with E-state index < -0.39 is 0 Å². The minimum Gasteiger partial charge on any atom is -0.322 e. The van der Waals surface area contributed by atoms with Crippen LogP contribution in [0, 0.1) is 6.92 Å². The minimum atomic E-state index is -0.0902. The van der Waals surface area contributed by atoms with Crippen molar-refractivity contribution in [2.24, 2.45) is 5.73 Å². The standard InChI is InChI=1S/C13H15N5/c1-9-7-16-17-13(9)11(14)6-10-8-15-12-4-2-3-5-18(10)12/h2-5,7-8,11H,6,14H2,1H3,(H,16,17). The molecule has 0 aliphatic heterocycles. The Kier molecular flexibility index (Phi) is 2.60. The predicted octanol–water partition coefficient (Wildman–Crippen LogP) is 1.61. The lowest BCUT2D eigenvalue weighted by molar-refractivity contribution is 0.672. The smallest absolute Gasteiger partial charge is 0.136 e. The van der Waals surface area contributed by atoms with Gasteiger partial charge in [-0.25, -0.2) is 4.98 Å². The van der Waals surface area contributed by atoms with E-state index in [1.54, 1.807) is 6.20 Å². The summed E-state index contributed by atoms with van der Waals surface area (Å²) in [5.41, 5.74) is 10.3. The van der Waals surface area contributed by atoms with Crippen molar-refractivity contribution in [1.29, 1.82) is 0 Å². The Morgan fingerprint density at radius 2 is 2.28 bits per heavy atom. The molecule has 0 radical (unpaired) electrons. The van der Waals surface area contributed by atoms with Gasteiger partial charge in [0, 0.05) is 24.5 Å². The second-order valence-electron chi connectivity index (χ2n) is 4.46. The highest BCUT2D eigenvalue weighted by Gasteiger charge is 2.13. The molecule has 0 spiro atoms. The van der Waals surface area contributed by atoms with Crippen molar-refractivity contribution in [1.82, 2.24) is 19.6 Å². The molecule has 1 atom stereocenters. The molecule has 0 saturated carbocycles. The van der Waals surface area contributed by atoms with Crippen molar-refractivity contribution in [2.45, 2.75) is 19.4 Å². The van der Waals surface area contributed by atoms with Crippen LogP contribution in [0.2, 0.25) is 0 Å². The summed E-state index contributed by atoms with van der Waals surface area (Å²) in [7, 11) is 0. The number of hydrogen-bond acceptors (Lipinski definition) is 3. The molecule has 0 saturated heterocycles. The lowest BCUT2D eigenvalue weighted by Crippen LogP contribution is -2.16. The molecule has 92 valence electrons. The molecule has 3 rings (SSSR count). The first kappa shape index (κ1) is 11.0. The highest BCUT2D eigenvalue weighted by atomic mass is 15.1. The minimum absolute atomic E-state index is 0.0902. The van der Waals surface area contributed by atoms with Crippen LogP contribution in [-0.4, -0.2) is 19.6 Å². The number of aromatic nitrogens is 4. The van der Waals surface area contributed by atoms with E-state index in [0.717, 1.165) is 29.0 Å². The Bertz CT molecular complexity index is 667. The third kappa shape index (κ3) is 1.78. The van der Waals surface area contributed by atoms with Gasteiger partial charge in [-0.3, -0.25) is 5.10 Å². The first-order chi connectivity index (χ1) is 8.75. The SMILES string of the molecule is Cc1cn[nH]c1C(N)Cc1cnc2ccccn12. The van der Waals surface area contributed by atoms with Gasteiger partial charge in [0.25, 0.3) is 0 Å². The van der Waals surface area contributed by atoms with E-state index in [9.17, 15) is 0 Å². The number of nitrogens with two attached hydrogens (primary N) is 1. The van der Waals surface area contributed by atoms with Crippen LogP contribution < -0.4 is 5.73 Å². The van der Waals surface area contributed by atoms with Crippen molar-refractivity contribution in [2.75, 3.05) is 0 Å². The lowest BCUT2D eigenvalue weighted by atomic mass is 10.1. The van der Waals surface area contributed by atoms with E-state index in [-0.39, 0.29) is 6.04 Å². The zero-order chi connectivity index (χ0) is 12.5. The van der Waals surface area contributed by atoms with Gasteiger partial charge in [0.1, 0.15) is 5.65 Å². The number of aromatic amines is 1. The van der Waals surface area contributed by atoms with Gasteiger partial charge in [-0.2, -0.15) is 5.10 Å². The van der Waals surface area contributed by atoms with Gasteiger partial charge >= 0.3 is 0 Å². The maximum Gasteiger partial charge on any atom is 0.136 e. The highest BCUT2D eigenvalue weighted by Crippen LogP contribution is 2.17. The second kappa shape index (κ2) is 4.27. The molecule has 3 aromatic rings. The molecule has 3 aromatic heterocycles. The second-order valence-corrected chi connectivity index (χ2v) is 4.46. The van der Waals surface area contributed by atoms with E-state index in [1.807, 2.05) is 37.5 Å². The van der Waals surface area contributed by atoms with Crippen LogP contribution in [0.25, 0.3) is 5.65 Å². The van der Waals surface area contributed by atoms with E-state index in [0.29, 0.717) is 0 Å². The summed E-state index contributed by atoms with van der Waals surface area (Å²) in [4.78, 5) is 4.36. The molecule has 0 bridgehead atoms. The van der Waals surface area contributed by atoms with Crippen molar-refractivity contribution >= 4 is 5.65 Å². The van der Waals surface area contributed by atoms with Crippen LogP contribution in [0.5, 0.6) is 0 Å².